The number of alkyl halides is 3. The summed E-state index contributed by atoms with van der Waals surface area (Å²) in [4.78, 5) is 21.8. The third-order valence-electron chi connectivity index (χ3n) is 2.64. The Morgan fingerprint density at radius 3 is 2.48 bits per heavy atom. The van der Waals surface area contributed by atoms with E-state index in [-0.39, 0.29) is 22.9 Å². The summed E-state index contributed by atoms with van der Waals surface area (Å²) in [6, 6.07) is 6.16. The lowest BCUT2D eigenvalue weighted by molar-refractivity contribution is -0.380. The van der Waals surface area contributed by atoms with E-state index in [2.05, 4.69) is 10.1 Å². The highest BCUT2D eigenvalue weighted by atomic mass is 32.1. The number of thiophene rings is 1. The first-order valence-electron chi connectivity index (χ1n) is 6.10. The van der Waals surface area contributed by atoms with Gasteiger partial charge >= 0.3 is 11.4 Å². The zero-order chi connectivity index (χ0) is 17.0. The average molecular weight is 346 g/mol. The number of nitro groups is 1. The van der Waals surface area contributed by atoms with Gasteiger partial charge < -0.3 is 10.1 Å². The van der Waals surface area contributed by atoms with Crippen LogP contribution in [-0.4, -0.2) is 17.2 Å². The van der Waals surface area contributed by atoms with E-state index in [1.165, 1.54) is 17.5 Å². The third kappa shape index (κ3) is 4.95. The molecule has 1 aromatic heterocycles. The Hall–Kier alpha value is -2.62. The topological polar surface area (TPSA) is 81.5 Å². The number of halogens is 3. The fourth-order valence-corrected chi connectivity index (χ4v) is 2.34. The van der Waals surface area contributed by atoms with Crippen LogP contribution in [-0.2, 0) is 6.54 Å². The highest BCUT2D eigenvalue weighted by Crippen LogP contribution is 2.23. The van der Waals surface area contributed by atoms with Crippen LogP contribution < -0.4 is 10.1 Å². The average Bonchev–Trinajstić information content (AvgIpc) is 2.94. The molecule has 10 heteroatoms. The minimum atomic E-state index is -4.76. The lowest BCUT2D eigenvalue weighted by Gasteiger charge is -2.09. The number of hydrogen-bond donors (Lipinski definition) is 1. The molecule has 0 saturated heterocycles. The Morgan fingerprint density at radius 1 is 1.30 bits per heavy atom. The predicted octanol–water partition coefficient (Wildman–Crippen LogP) is 3.48. The van der Waals surface area contributed by atoms with E-state index < -0.39 is 17.2 Å². The van der Waals surface area contributed by atoms with E-state index in [0.717, 1.165) is 29.5 Å². The van der Waals surface area contributed by atoms with Crippen molar-refractivity contribution in [2.75, 3.05) is 0 Å². The normalized spacial score (nSPS) is 11.1. The Kier molecular flexibility index (Phi) is 4.84. The monoisotopic (exact) mass is 346 g/mol. The molecule has 0 radical (unpaired) electrons. The van der Waals surface area contributed by atoms with Crippen LogP contribution in [0.1, 0.15) is 15.9 Å². The molecule has 0 aliphatic rings. The zero-order valence-electron chi connectivity index (χ0n) is 11.3. The van der Waals surface area contributed by atoms with Crippen molar-refractivity contribution in [3.63, 3.8) is 0 Å². The molecule has 0 fully saturated rings. The van der Waals surface area contributed by atoms with Crippen molar-refractivity contribution in [2.24, 2.45) is 0 Å². The van der Waals surface area contributed by atoms with Crippen molar-refractivity contribution in [1.82, 2.24) is 5.32 Å². The van der Waals surface area contributed by atoms with Gasteiger partial charge in [-0.15, -0.1) is 13.2 Å². The van der Waals surface area contributed by atoms with E-state index in [4.69, 9.17) is 0 Å². The van der Waals surface area contributed by atoms with Gasteiger partial charge in [-0.05, 0) is 17.7 Å². The fourth-order valence-electron chi connectivity index (χ4n) is 1.63. The molecule has 0 aliphatic heterocycles. The van der Waals surface area contributed by atoms with Gasteiger partial charge in [0.25, 0.3) is 5.91 Å². The number of nitrogens with zero attached hydrogens (tertiary/aromatic N) is 1. The molecule has 2 rings (SSSR count). The number of rotatable bonds is 5. The first-order chi connectivity index (χ1) is 10.7. The molecule has 1 aromatic carbocycles. The number of carbonyl (C=O) groups is 1. The molecule has 0 bridgehead atoms. The maximum absolute atomic E-state index is 12.0. The smallest absolute Gasteiger partial charge is 0.406 e. The Morgan fingerprint density at radius 2 is 1.96 bits per heavy atom. The third-order valence-corrected chi connectivity index (χ3v) is 3.52. The summed E-state index contributed by atoms with van der Waals surface area (Å²) in [6.07, 6.45) is -4.76. The molecule has 2 aromatic rings. The van der Waals surface area contributed by atoms with Crippen LogP contribution in [0.25, 0.3) is 0 Å². The Labute approximate surface area is 131 Å². The van der Waals surface area contributed by atoms with Gasteiger partial charge in [0.1, 0.15) is 5.75 Å². The second-order valence-electron chi connectivity index (χ2n) is 4.31. The Bertz CT molecular complexity index is 713. The zero-order valence-corrected chi connectivity index (χ0v) is 12.1. The number of ether oxygens (including phenoxy) is 1. The van der Waals surface area contributed by atoms with Gasteiger partial charge in [0, 0.05) is 18.0 Å². The standard InChI is InChI=1S/C13H9F3N2O4S/c14-13(15,16)22-10-3-1-8(2-4-10)6-17-12(19)9-5-11(18(20)21)23-7-9/h1-5,7H,6H2,(H,17,19). The maximum atomic E-state index is 12.0. The Balaban J connectivity index is 1.92. The van der Waals surface area contributed by atoms with Gasteiger partial charge in [0.15, 0.2) is 0 Å². The first kappa shape index (κ1) is 16.7. The van der Waals surface area contributed by atoms with Gasteiger partial charge in [-0.2, -0.15) is 0 Å². The molecule has 23 heavy (non-hydrogen) atoms. The molecule has 0 saturated carbocycles. The van der Waals surface area contributed by atoms with Gasteiger partial charge in [-0.3, -0.25) is 14.9 Å². The molecule has 1 amide bonds. The molecule has 0 aliphatic carbocycles. The SMILES string of the molecule is O=C(NCc1ccc(OC(F)(F)F)cc1)c1csc([N+](=O)[O-])c1. The number of carbonyl (C=O) groups excluding carboxylic acids is 1. The maximum Gasteiger partial charge on any atom is 0.573 e. The van der Waals surface area contributed by atoms with Crippen molar-refractivity contribution in [1.29, 1.82) is 0 Å². The number of nitrogens with one attached hydrogen (secondary N) is 1. The van der Waals surface area contributed by atoms with Gasteiger partial charge in [0.2, 0.25) is 0 Å². The number of hydrogen-bond acceptors (Lipinski definition) is 5. The summed E-state index contributed by atoms with van der Waals surface area (Å²) >= 11 is 0.832. The molecule has 1 N–H and O–H groups in total. The number of amides is 1. The summed E-state index contributed by atoms with van der Waals surface area (Å²) in [5, 5.41) is 14.3. The highest BCUT2D eigenvalue weighted by molar-refractivity contribution is 7.13. The van der Waals surface area contributed by atoms with E-state index in [1.54, 1.807) is 0 Å². The van der Waals surface area contributed by atoms with Gasteiger partial charge in [-0.1, -0.05) is 23.5 Å². The predicted molar refractivity (Wildman–Crippen MR) is 75.3 cm³/mol. The van der Waals surface area contributed by atoms with Crippen LogP contribution in [0.15, 0.2) is 35.7 Å². The van der Waals surface area contributed by atoms with Crippen LogP contribution in [0, 0.1) is 10.1 Å². The molecule has 0 atom stereocenters. The first-order valence-corrected chi connectivity index (χ1v) is 6.98. The summed E-state index contributed by atoms with van der Waals surface area (Å²) in [7, 11) is 0. The van der Waals surface area contributed by atoms with E-state index in [0.29, 0.717) is 5.56 Å². The second-order valence-corrected chi connectivity index (χ2v) is 5.19. The second kappa shape index (κ2) is 6.65. The lowest BCUT2D eigenvalue weighted by atomic mass is 10.2. The molecule has 122 valence electrons. The molecule has 0 spiro atoms. The van der Waals surface area contributed by atoms with Crippen LogP contribution in [0.4, 0.5) is 18.2 Å². The highest BCUT2D eigenvalue weighted by Gasteiger charge is 2.30. The minimum Gasteiger partial charge on any atom is -0.406 e. The van der Waals surface area contributed by atoms with Crippen molar-refractivity contribution >= 4 is 22.2 Å². The van der Waals surface area contributed by atoms with Crippen molar-refractivity contribution < 1.29 is 27.6 Å². The van der Waals surface area contributed by atoms with Crippen molar-refractivity contribution in [2.45, 2.75) is 12.9 Å². The summed E-state index contributed by atoms with van der Waals surface area (Å²) in [5.74, 6) is -0.869. The molecular weight excluding hydrogens is 337 g/mol. The van der Waals surface area contributed by atoms with Crippen LogP contribution in [0.3, 0.4) is 0 Å². The van der Waals surface area contributed by atoms with E-state index in [1.807, 2.05) is 0 Å². The molecule has 0 unspecified atom stereocenters. The number of benzene rings is 1. The van der Waals surface area contributed by atoms with Crippen molar-refractivity contribution in [3.05, 3.63) is 57.0 Å². The molecular formula is C13H9F3N2O4S. The van der Waals surface area contributed by atoms with E-state index in [9.17, 15) is 28.1 Å². The largest absolute Gasteiger partial charge is 0.573 e. The summed E-state index contributed by atoms with van der Waals surface area (Å²) in [6.45, 7) is 0.0643. The van der Waals surface area contributed by atoms with Crippen molar-refractivity contribution in [3.8, 4) is 5.75 Å². The fraction of sp³-hybridized carbons (Fsp3) is 0.154. The molecule has 1 heterocycles. The minimum absolute atomic E-state index is 0.0643. The summed E-state index contributed by atoms with van der Waals surface area (Å²) in [5.41, 5.74) is 0.705. The quantitative estimate of drug-likeness (QED) is 0.664. The lowest BCUT2D eigenvalue weighted by Crippen LogP contribution is -2.22. The van der Waals surface area contributed by atoms with Crippen LogP contribution >= 0.6 is 11.3 Å². The van der Waals surface area contributed by atoms with Gasteiger partial charge in [-0.25, -0.2) is 0 Å². The van der Waals surface area contributed by atoms with Crippen LogP contribution in [0.2, 0.25) is 0 Å². The van der Waals surface area contributed by atoms with E-state index >= 15 is 0 Å². The summed E-state index contributed by atoms with van der Waals surface area (Å²) < 4.78 is 39.8. The van der Waals surface area contributed by atoms with Crippen LogP contribution in [0.5, 0.6) is 5.75 Å². The molecule has 6 nitrogen and oxygen atoms in total. The van der Waals surface area contributed by atoms with Gasteiger partial charge in [0.05, 0.1) is 10.5 Å².